The van der Waals surface area contributed by atoms with Crippen LogP contribution < -0.4 is 10.2 Å². The molecule has 1 aromatic heterocycles. The molecule has 0 fully saturated rings. The van der Waals surface area contributed by atoms with Gasteiger partial charge in [-0.05, 0) is 17.7 Å². The molecule has 0 bridgehead atoms. The summed E-state index contributed by atoms with van der Waals surface area (Å²) in [6, 6.07) is 2.12. The smallest absolute Gasteiger partial charge is 0.408 e. The van der Waals surface area contributed by atoms with E-state index in [1.54, 1.807) is 14.1 Å². The number of nitrogens with zero attached hydrogens (tertiary/aromatic N) is 4. The third-order valence-corrected chi connectivity index (χ3v) is 3.43. The van der Waals surface area contributed by atoms with Gasteiger partial charge in [-0.15, -0.1) is 5.10 Å². The molecule has 0 radical (unpaired) electrons. The molecule has 2 aromatic rings. The molecule has 1 aromatic carbocycles. The van der Waals surface area contributed by atoms with Crippen LogP contribution in [-0.2, 0) is 12.6 Å². The van der Waals surface area contributed by atoms with Crippen molar-refractivity contribution in [3.8, 4) is 6.07 Å². The van der Waals surface area contributed by atoms with Gasteiger partial charge in [0.05, 0.1) is 17.2 Å². The van der Waals surface area contributed by atoms with Crippen LogP contribution in [-0.4, -0.2) is 30.6 Å². The highest BCUT2D eigenvalue weighted by Gasteiger charge is 2.37. The lowest BCUT2D eigenvalue weighted by molar-refractivity contribution is -0.164. The molecular weight excluding hydrogens is 380 g/mol. The van der Waals surface area contributed by atoms with Crippen molar-refractivity contribution in [1.82, 2.24) is 15.5 Å². The van der Waals surface area contributed by atoms with Crippen molar-refractivity contribution in [3.05, 3.63) is 40.8 Å². The lowest BCUT2D eigenvalue weighted by atomic mass is 9.97. The predicted molar refractivity (Wildman–Crippen MR) is 80.4 cm³/mol. The van der Waals surface area contributed by atoms with Gasteiger partial charge in [0.1, 0.15) is 0 Å². The van der Waals surface area contributed by atoms with Crippen LogP contribution in [0, 0.1) is 11.3 Å². The van der Waals surface area contributed by atoms with E-state index in [0.29, 0.717) is 6.07 Å². The monoisotopic (exact) mass is 393 g/mol. The molecule has 1 heterocycles. The third-order valence-electron chi connectivity index (χ3n) is 3.43. The zero-order chi connectivity index (χ0) is 20.4. The molecule has 27 heavy (non-hydrogen) atoms. The van der Waals surface area contributed by atoms with Gasteiger partial charge in [-0.1, -0.05) is 11.2 Å². The van der Waals surface area contributed by atoms with E-state index in [-0.39, 0.29) is 17.5 Å². The quantitative estimate of drug-likeness (QED) is 0.620. The summed E-state index contributed by atoms with van der Waals surface area (Å²) < 4.78 is 83.0. The maximum absolute atomic E-state index is 13.1. The molecule has 0 amide bonds. The highest BCUT2D eigenvalue weighted by molar-refractivity contribution is 5.43. The van der Waals surface area contributed by atoms with Crippen molar-refractivity contribution in [2.45, 2.75) is 24.9 Å². The topological polar surface area (TPSA) is 78.0 Å². The number of alkyl halides is 6. The van der Waals surface area contributed by atoms with Crippen molar-refractivity contribution in [3.63, 3.8) is 0 Å². The summed E-state index contributed by atoms with van der Waals surface area (Å²) in [5.74, 6) is -0.196. The molecule has 2 rings (SSSR count). The zero-order valence-corrected chi connectivity index (χ0v) is 14.0. The molecule has 0 aliphatic heterocycles. The second kappa shape index (κ2) is 7.43. The highest BCUT2D eigenvalue weighted by atomic mass is 19.4. The maximum Gasteiger partial charge on any atom is 0.457 e. The molecule has 0 aliphatic carbocycles. The number of aromatic nitrogens is 2. The number of anilines is 1. The van der Waals surface area contributed by atoms with Crippen LogP contribution in [0.3, 0.4) is 0 Å². The van der Waals surface area contributed by atoms with Gasteiger partial charge >= 0.3 is 18.5 Å². The van der Waals surface area contributed by atoms with E-state index in [2.05, 4.69) is 10.2 Å². The van der Waals surface area contributed by atoms with Crippen molar-refractivity contribution in [2.75, 3.05) is 19.0 Å². The fourth-order valence-electron chi connectivity index (χ4n) is 2.24. The van der Waals surface area contributed by atoms with Gasteiger partial charge in [-0.3, -0.25) is 0 Å². The van der Waals surface area contributed by atoms with E-state index in [1.165, 1.54) is 16.3 Å². The number of hydrogen-bond acceptors (Lipinski definition) is 6. The summed E-state index contributed by atoms with van der Waals surface area (Å²) in [5.41, 5.74) is -2.34. The zero-order valence-electron chi connectivity index (χ0n) is 14.0. The fourth-order valence-corrected chi connectivity index (χ4v) is 2.24. The number of hydrogen-bond donors (Lipinski definition) is 1. The fraction of sp³-hybridized carbons (Fsp3) is 0.400. The molecule has 1 N–H and O–H groups in total. The van der Waals surface area contributed by atoms with Gasteiger partial charge in [-0.25, -0.2) is 5.32 Å². The Balaban J connectivity index is 2.43. The second-order valence-corrected chi connectivity index (χ2v) is 5.69. The standard InChI is InChI=1S/C15H13F6N5O/c1-26(2)13-25-24-12(27-13)6-11(23-15(19,20)21)8-3-4-9(7-22)10(5-8)14(16,17)18/h3-5,11,23H,6H2,1-2H3. The molecule has 0 saturated carbocycles. The van der Waals surface area contributed by atoms with Crippen LogP contribution in [0.2, 0.25) is 0 Å². The van der Waals surface area contributed by atoms with Crippen molar-refractivity contribution in [1.29, 1.82) is 5.26 Å². The van der Waals surface area contributed by atoms with Crippen LogP contribution >= 0.6 is 0 Å². The van der Waals surface area contributed by atoms with Crippen molar-refractivity contribution >= 4 is 6.01 Å². The van der Waals surface area contributed by atoms with Gasteiger partial charge in [0.15, 0.2) is 0 Å². The summed E-state index contributed by atoms with van der Waals surface area (Å²) >= 11 is 0. The molecular formula is C15H13F6N5O. The Morgan fingerprint density at radius 3 is 2.33 bits per heavy atom. The number of rotatable bonds is 5. The van der Waals surface area contributed by atoms with Gasteiger partial charge < -0.3 is 9.32 Å². The van der Waals surface area contributed by atoms with E-state index in [4.69, 9.17) is 9.68 Å². The molecule has 0 saturated heterocycles. The second-order valence-electron chi connectivity index (χ2n) is 5.69. The number of benzene rings is 1. The minimum Gasteiger partial charge on any atom is -0.408 e. The van der Waals surface area contributed by atoms with Gasteiger partial charge in [0.2, 0.25) is 5.89 Å². The molecule has 0 aliphatic rings. The predicted octanol–water partition coefficient (Wildman–Crippen LogP) is 3.42. The Bertz CT molecular complexity index is 836. The molecule has 12 heteroatoms. The van der Waals surface area contributed by atoms with Crippen molar-refractivity contribution in [2.24, 2.45) is 0 Å². The first kappa shape index (κ1) is 20.5. The van der Waals surface area contributed by atoms with E-state index < -0.39 is 36.1 Å². The van der Waals surface area contributed by atoms with Gasteiger partial charge in [0.25, 0.3) is 0 Å². The molecule has 146 valence electrons. The third kappa shape index (κ3) is 5.33. The summed E-state index contributed by atoms with van der Waals surface area (Å²) in [7, 11) is 3.14. The minimum atomic E-state index is -4.90. The van der Waals surface area contributed by atoms with Crippen LogP contribution in [0.25, 0.3) is 0 Å². The Labute approximate surface area is 149 Å². The largest absolute Gasteiger partial charge is 0.457 e. The minimum absolute atomic E-state index is 0.0339. The number of nitriles is 1. The molecule has 0 spiro atoms. The summed E-state index contributed by atoms with van der Waals surface area (Å²) in [5, 5.41) is 17.3. The first-order valence-corrected chi connectivity index (χ1v) is 7.36. The molecule has 6 nitrogen and oxygen atoms in total. The van der Waals surface area contributed by atoms with Gasteiger partial charge in [-0.2, -0.15) is 31.6 Å². The number of nitrogens with one attached hydrogen (secondary N) is 1. The molecule has 1 atom stereocenters. The summed E-state index contributed by atoms with van der Waals surface area (Å²) in [6.45, 7) is 0. The Kier molecular flexibility index (Phi) is 5.65. The number of halogens is 6. The average Bonchev–Trinajstić information content (AvgIpc) is 3.00. The van der Waals surface area contributed by atoms with E-state index in [9.17, 15) is 26.3 Å². The van der Waals surface area contributed by atoms with E-state index in [1.807, 2.05) is 0 Å². The average molecular weight is 393 g/mol. The highest BCUT2D eigenvalue weighted by Crippen LogP contribution is 2.34. The summed E-state index contributed by atoms with van der Waals surface area (Å²) in [6.07, 6.45) is -10.3. The SMILES string of the molecule is CN(C)c1nnc(CC(NC(F)(F)F)c2ccc(C#N)c(C(F)(F)F)c2)o1. The first-order valence-electron chi connectivity index (χ1n) is 7.36. The van der Waals surface area contributed by atoms with Gasteiger partial charge in [0, 0.05) is 26.6 Å². The molecule has 1 unspecified atom stereocenters. The van der Waals surface area contributed by atoms with E-state index in [0.717, 1.165) is 12.1 Å². The summed E-state index contributed by atoms with van der Waals surface area (Å²) in [4.78, 5) is 1.42. The van der Waals surface area contributed by atoms with Crippen LogP contribution in [0.1, 0.15) is 28.6 Å². The van der Waals surface area contributed by atoms with Crippen LogP contribution in [0.4, 0.5) is 32.4 Å². The lowest BCUT2D eigenvalue weighted by Crippen LogP contribution is -2.36. The normalized spacial score (nSPS) is 13.3. The maximum atomic E-state index is 13.1. The first-order chi connectivity index (χ1) is 12.4. The Morgan fingerprint density at radius 1 is 1.19 bits per heavy atom. The van der Waals surface area contributed by atoms with Crippen LogP contribution in [0.15, 0.2) is 22.6 Å². The Morgan fingerprint density at radius 2 is 1.85 bits per heavy atom. The van der Waals surface area contributed by atoms with Crippen LogP contribution in [0.5, 0.6) is 0 Å². The Hall–Kier alpha value is -2.81. The lowest BCUT2D eigenvalue weighted by Gasteiger charge is -2.21. The van der Waals surface area contributed by atoms with Crippen molar-refractivity contribution < 1.29 is 30.8 Å². The van der Waals surface area contributed by atoms with E-state index >= 15 is 0 Å².